The van der Waals surface area contributed by atoms with Crippen LogP contribution in [0.1, 0.15) is 21.7 Å². The Morgan fingerprint density at radius 2 is 2.17 bits per heavy atom. The van der Waals surface area contributed by atoms with Crippen molar-refractivity contribution in [1.82, 2.24) is 19.7 Å². The lowest BCUT2D eigenvalue weighted by molar-refractivity contribution is -0.113. The minimum absolute atomic E-state index is 0.324. The van der Waals surface area contributed by atoms with Crippen LogP contribution in [-0.4, -0.2) is 51.1 Å². The molecule has 2 aromatic rings. The first-order valence-corrected chi connectivity index (χ1v) is 8.18. The average molecular weight is 339 g/mol. The van der Waals surface area contributed by atoms with Crippen molar-refractivity contribution in [2.24, 2.45) is 7.05 Å². The first-order valence-electron chi connectivity index (χ1n) is 7.30. The van der Waals surface area contributed by atoms with Gasteiger partial charge >= 0.3 is 0 Å². The van der Waals surface area contributed by atoms with E-state index < -0.39 is 19.0 Å². The van der Waals surface area contributed by atoms with E-state index in [-0.39, 0.29) is 5.91 Å². The van der Waals surface area contributed by atoms with Crippen molar-refractivity contribution in [2.75, 3.05) is 24.5 Å². The van der Waals surface area contributed by atoms with Crippen LogP contribution in [0.2, 0.25) is 0 Å². The summed E-state index contributed by atoms with van der Waals surface area (Å²) in [7, 11) is 1.81. The fourth-order valence-electron chi connectivity index (χ4n) is 3.14. The van der Waals surface area contributed by atoms with Gasteiger partial charge in [-0.25, -0.2) is 8.78 Å². The lowest BCUT2D eigenvalue weighted by atomic mass is 10.1. The van der Waals surface area contributed by atoms with Gasteiger partial charge in [-0.15, -0.1) is 10.2 Å². The topological polar surface area (TPSA) is 54.3 Å². The van der Waals surface area contributed by atoms with E-state index in [9.17, 15) is 13.6 Å². The Morgan fingerprint density at radius 3 is 2.83 bits per heavy atom. The summed E-state index contributed by atoms with van der Waals surface area (Å²) < 4.78 is 27.8. The predicted octanol–water partition coefficient (Wildman–Crippen LogP) is 1.53. The van der Waals surface area contributed by atoms with Gasteiger partial charge in [-0.05, 0) is 18.1 Å². The van der Waals surface area contributed by atoms with Crippen molar-refractivity contribution in [3.63, 3.8) is 0 Å². The van der Waals surface area contributed by atoms with Crippen molar-refractivity contribution in [2.45, 2.75) is 18.9 Å². The zero-order valence-electron chi connectivity index (χ0n) is 12.5. The molecule has 0 aliphatic carbocycles. The Hall–Kier alpha value is -2.03. The van der Waals surface area contributed by atoms with Gasteiger partial charge in [0.1, 0.15) is 11.2 Å². The van der Waals surface area contributed by atoms with Crippen molar-refractivity contribution >= 4 is 22.4 Å². The largest absolute Gasteiger partial charge is 0.342 e. The van der Waals surface area contributed by atoms with Crippen molar-refractivity contribution in [1.29, 1.82) is 0 Å². The van der Waals surface area contributed by atoms with Gasteiger partial charge in [-0.1, -0.05) is 11.3 Å². The summed E-state index contributed by atoms with van der Waals surface area (Å²) >= 11 is 1.48. The zero-order chi connectivity index (χ0) is 16.2. The number of anilines is 1. The molecule has 2 aliphatic heterocycles. The molecule has 0 N–H and O–H groups in total. The summed E-state index contributed by atoms with van der Waals surface area (Å²) in [6, 6.07) is 1.84. The molecule has 0 unspecified atom stereocenters. The number of carbonyl (C=O) groups is 1. The maximum absolute atomic E-state index is 13.0. The Bertz CT molecular complexity index is 750. The van der Waals surface area contributed by atoms with Crippen molar-refractivity contribution in [3.05, 3.63) is 28.5 Å². The molecule has 0 radical (unpaired) electrons. The molecule has 23 heavy (non-hydrogen) atoms. The predicted molar refractivity (Wildman–Crippen MR) is 80.9 cm³/mol. The van der Waals surface area contributed by atoms with Crippen LogP contribution in [0.25, 0.3) is 0 Å². The highest BCUT2D eigenvalue weighted by atomic mass is 32.1. The van der Waals surface area contributed by atoms with Gasteiger partial charge in [-0.3, -0.25) is 4.79 Å². The molecule has 4 heterocycles. The third-order valence-electron chi connectivity index (χ3n) is 4.41. The number of halogens is 2. The number of carbonyl (C=O) groups excluding carboxylic acids is 1. The second-order valence-corrected chi connectivity index (χ2v) is 6.78. The third kappa shape index (κ3) is 2.39. The Morgan fingerprint density at radius 1 is 1.39 bits per heavy atom. The highest BCUT2D eigenvalue weighted by Crippen LogP contribution is 2.31. The van der Waals surface area contributed by atoms with E-state index in [0.29, 0.717) is 12.2 Å². The molecular formula is C14H15F2N5OS. The zero-order valence-corrected chi connectivity index (χ0v) is 13.3. The van der Waals surface area contributed by atoms with Crippen LogP contribution in [0, 0.1) is 0 Å². The van der Waals surface area contributed by atoms with Crippen LogP contribution >= 0.6 is 11.3 Å². The van der Waals surface area contributed by atoms with Crippen molar-refractivity contribution < 1.29 is 13.6 Å². The van der Waals surface area contributed by atoms with Gasteiger partial charge in [0.15, 0.2) is 0 Å². The van der Waals surface area contributed by atoms with E-state index >= 15 is 0 Å². The molecule has 0 saturated carbocycles. The highest BCUT2D eigenvalue weighted by Gasteiger charge is 2.47. The molecule has 122 valence electrons. The summed E-state index contributed by atoms with van der Waals surface area (Å²) in [6.07, 6.45) is 0.798. The molecule has 0 atom stereocenters. The Kier molecular flexibility index (Phi) is 3.15. The van der Waals surface area contributed by atoms with Crippen LogP contribution in [0.4, 0.5) is 13.9 Å². The van der Waals surface area contributed by atoms with Gasteiger partial charge in [0, 0.05) is 19.3 Å². The van der Waals surface area contributed by atoms with Crippen LogP contribution in [-0.2, 0) is 20.0 Å². The molecule has 1 saturated heterocycles. The monoisotopic (exact) mass is 339 g/mol. The van der Waals surface area contributed by atoms with Crippen LogP contribution in [0.3, 0.4) is 0 Å². The molecular weight excluding hydrogens is 324 g/mol. The Labute approximate surface area is 135 Å². The van der Waals surface area contributed by atoms with E-state index in [1.165, 1.54) is 16.2 Å². The van der Waals surface area contributed by atoms with Crippen molar-refractivity contribution in [3.8, 4) is 0 Å². The highest BCUT2D eigenvalue weighted by molar-refractivity contribution is 7.13. The molecule has 2 aliphatic rings. The number of hydrogen-bond donors (Lipinski definition) is 0. The third-order valence-corrected chi connectivity index (χ3v) is 5.16. The van der Waals surface area contributed by atoms with Crippen LogP contribution < -0.4 is 4.90 Å². The van der Waals surface area contributed by atoms with Gasteiger partial charge in [0.2, 0.25) is 5.13 Å². The Balaban J connectivity index is 1.57. The molecule has 0 bridgehead atoms. The van der Waals surface area contributed by atoms with Gasteiger partial charge in [0.25, 0.3) is 11.8 Å². The summed E-state index contributed by atoms with van der Waals surface area (Å²) in [5.74, 6) is -3.06. The molecule has 1 fully saturated rings. The number of amides is 1. The quantitative estimate of drug-likeness (QED) is 0.833. The minimum Gasteiger partial charge on any atom is -0.342 e. The van der Waals surface area contributed by atoms with Crippen LogP contribution in [0.5, 0.6) is 0 Å². The maximum Gasteiger partial charge on any atom is 0.282 e. The second-order valence-electron chi connectivity index (χ2n) is 5.97. The van der Waals surface area contributed by atoms with Crippen LogP contribution in [0.15, 0.2) is 11.6 Å². The molecule has 0 aromatic carbocycles. The van der Waals surface area contributed by atoms with Gasteiger partial charge in [0.05, 0.1) is 19.6 Å². The normalized spacial score (nSPS) is 19.4. The lowest BCUT2D eigenvalue weighted by Crippen LogP contribution is -2.58. The first kappa shape index (κ1) is 14.6. The SMILES string of the molecule is Cn1c(C(=O)N2CC(F)(F)C2)cc2c1CN(c1nncs1)CC2. The standard InChI is InChI=1S/C14H15F2N5OS/c1-19-10(12(22)21-6-14(15,16)7-21)4-9-2-3-20(5-11(9)19)13-18-17-8-23-13/h4,8H,2-3,5-7H2,1H3. The molecule has 1 amide bonds. The molecule has 4 rings (SSSR count). The van der Waals surface area contributed by atoms with E-state index in [0.717, 1.165) is 29.4 Å². The number of likely N-dealkylation sites (tertiary alicyclic amines) is 1. The fourth-order valence-corrected chi connectivity index (χ4v) is 3.72. The van der Waals surface area contributed by atoms with Gasteiger partial charge < -0.3 is 14.4 Å². The molecule has 2 aromatic heterocycles. The van der Waals surface area contributed by atoms with E-state index in [1.807, 2.05) is 17.7 Å². The molecule has 0 spiro atoms. The number of hydrogen-bond acceptors (Lipinski definition) is 5. The second kappa shape index (κ2) is 4.98. The number of aromatic nitrogens is 3. The van der Waals surface area contributed by atoms with E-state index in [1.54, 1.807) is 5.51 Å². The summed E-state index contributed by atoms with van der Waals surface area (Å²) in [5, 5.41) is 8.78. The maximum atomic E-state index is 13.0. The lowest BCUT2D eigenvalue weighted by Gasteiger charge is -2.38. The molecule has 9 heteroatoms. The summed E-state index contributed by atoms with van der Waals surface area (Å²) in [6.45, 7) is 0.475. The summed E-state index contributed by atoms with van der Waals surface area (Å²) in [5.41, 5.74) is 4.30. The first-order chi connectivity index (χ1) is 10.9. The average Bonchev–Trinajstić information content (AvgIpc) is 3.12. The van der Waals surface area contributed by atoms with Gasteiger partial charge in [-0.2, -0.15) is 0 Å². The summed E-state index contributed by atoms with van der Waals surface area (Å²) in [4.78, 5) is 15.7. The molecule has 6 nitrogen and oxygen atoms in total. The number of rotatable bonds is 2. The number of fused-ring (bicyclic) bond motifs is 1. The minimum atomic E-state index is -2.74. The van der Waals surface area contributed by atoms with E-state index in [2.05, 4.69) is 15.1 Å². The smallest absolute Gasteiger partial charge is 0.282 e. The number of alkyl halides is 2. The van der Waals surface area contributed by atoms with E-state index in [4.69, 9.17) is 0 Å². The number of nitrogens with zero attached hydrogens (tertiary/aromatic N) is 5. The fraction of sp³-hybridized carbons (Fsp3) is 0.500.